The van der Waals surface area contributed by atoms with E-state index in [1.54, 1.807) is 29.2 Å². The minimum Gasteiger partial charge on any atom is -0.381 e. The number of fused-ring (bicyclic) bond motifs is 1. The highest BCUT2D eigenvalue weighted by Crippen LogP contribution is 2.23. The van der Waals surface area contributed by atoms with E-state index in [9.17, 15) is 9.59 Å². The molecule has 28 heavy (non-hydrogen) atoms. The zero-order valence-electron chi connectivity index (χ0n) is 16.2. The minimum atomic E-state index is -0.138. The van der Waals surface area contributed by atoms with Crippen LogP contribution in [0.2, 0.25) is 0 Å². The summed E-state index contributed by atoms with van der Waals surface area (Å²) in [5, 5.41) is 5.77. The van der Waals surface area contributed by atoms with E-state index in [1.807, 2.05) is 24.3 Å². The van der Waals surface area contributed by atoms with E-state index in [1.165, 1.54) is 11.1 Å². The fourth-order valence-electron chi connectivity index (χ4n) is 3.11. The molecule has 0 unspecified atom stereocenters. The Balaban J connectivity index is 1.44. The molecule has 3 amide bonds. The number of carbonyl (C=O) groups is 2. The van der Waals surface area contributed by atoms with Crippen molar-refractivity contribution in [1.29, 1.82) is 0 Å². The van der Waals surface area contributed by atoms with E-state index in [0.29, 0.717) is 37.5 Å². The van der Waals surface area contributed by atoms with Gasteiger partial charge < -0.3 is 20.3 Å². The molecule has 0 saturated carbocycles. The highest BCUT2D eigenvalue weighted by Gasteiger charge is 2.22. The third kappa shape index (κ3) is 5.33. The van der Waals surface area contributed by atoms with Crippen molar-refractivity contribution in [2.45, 2.75) is 32.9 Å². The number of amides is 3. The molecule has 0 radical (unpaired) electrons. The maximum absolute atomic E-state index is 12.5. The molecular formula is C22H27N3O3. The van der Waals surface area contributed by atoms with Crippen molar-refractivity contribution in [3.8, 4) is 0 Å². The fraction of sp³-hybridized carbons (Fsp3) is 0.364. The lowest BCUT2D eigenvalue weighted by Crippen LogP contribution is -2.30. The summed E-state index contributed by atoms with van der Waals surface area (Å²) in [5.74, 6) is -0.122. The van der Waals surface area contributed by atoms with Gasteiger partial charge in [-0.3, -0.25) is 4.79 Å². The van der Waals surface area contributed by atoms with Gasteiger partial charge in [0.25, 0.3) is 5.91 Å². The van der Waals surface area contributed by atoms with Gasteiger partial charge >= 0.3 is 6.03 Å². The fourth-order valence-corrected chi connectivity index (χ4v) is 3.11. The number of hydrogen-bond donors (Lipinski definition) is 2. The van der Waals surface area contributed by atoms with E-state index in [2.05, 4.69) is 17.6 Å². The normalized spacial score (nSPS) is 12.5. The van der Waals surface area contributed by atoms with Crippen LogP contribution in [-0.2, 0) is 17.8 Å². The Labute approximate surface area is 165 Å². The van der Waals surface area contributed by atoms with Crippen LogP contribution in [0, 0.1) is 0 Å². The molecule has 6 heteroatoms. The zero-order chi connectivity index (χ0) is 19.8. The number of anilines is 1. The average molecular weight is 381 g/mol. The van der Waals surface area contributed by atoms with E-state index in [4.69, 9.17) is 4.74 Å². The Morgan fingerprint density at radius 1 is 1.00 bits per heavy atom. The van der Waals surface area contributed by atoms with Gasteiger partial charge in [-0.2, -0.15) is 0 Å². The predicted octanol–water partition coefficient (Wildman–Crippen LogP) is 3.78. The molecule has 2 N–H and O–H groups in total. The maximum atomic E-state index is 12.5. The average Bonchev–Trinajstić information content (AvgIpc) is 3.15. The topological polar surface area (TPSA) is 70.7 Å². The van der Waals surface area contributed by atoms with Crippen molar-refractivity contribution in [1.82, 2.24) is 10.2 Å². The van der Waals surface area contributed by atoms with E-state index >= 15 is 0 Å². The van der Waals surface area contributed by atoms with Gasteiger partial charge in [0.15, 0.2) is 0 Å². The number of rotatable bonds is 8. The molecule has 0 atom stereocenters. The van der Waals surface area contributed by atoms with Crippen LogP contribution in [0.3, 0.4) is 0 Å². The predicted molar refractivity (Wildman–Crippen MR) is 109 cm³/mol. The number of benzene rings is 2. The second kappa shape index (κ2) is 9.90. The van der Waals surface area contributed by atoms with Gasteiger partial charge in [-0.1, -0.05) is 31.2 Å². The molecule has 148 valence electrons. The Bertz CT molecular complexity index is 780. The number of urea groups is 1. The Kier molecular flexibility index (Phi) is 7.03. The molecule has 1 aliphatic heterocycles. The van der Waals surface area contributed by atoms with Crippen molar-refractivity contribution in [2.75, 3.05) is 25.1 Å². The summed E-state index contributed by atoms with van der Waals surface area (Å²) in [5.41, 5.74) is 3.61. The summed E-state index contributed by atoms with van der Waals surface area (Å²) in [4.78, 5) is 26.4. The van der Waals surface area contributed by atoms with Crippen LogP contribution < -0.4 is 10.6 Å². The molecule has 0 fully saturated rings. The van der Waals surface area contributed by atoms with E-state index < -0.39 is 0 Å². The van der Waals surface area contributed by atoms with Gasteiger partial charge in [-0.05, 0) is 48.2 Å². The molecule has 0 bridgehead atoms. The van der Waals surface area contributed by atoms with Crippen LogP contribution in [0.1, 0.15) is 41.3 Å². The van der Waals surface area contributed by atoms with Crippen LogP contribution in [0.4, 0.5) is 10.5 Å². The Morgan fingerprint density at radius 2 is 1.68 bits per heavy atom. The molecule has 1 aliphatic rings. The number of ether oxygens (including phenoxy) is 1. The molecule has 3 rings (SSSR count). The van der Waals surface area contributed by atoms with Gasteiger partial charge in [0.1, 0.15) is 0 Å². The standard InChI is InChI=1S/C22H27N3O3/c1-2-13-28-14-5-12-23-21(26)17-8-10-20(11-9-17)24-22(27)25-15-18-6-3-4-7-19(18)16-25/h3-4,6-11H,2,5,12-16H2,1H3,(H,23,26)(H,24,27). The first-order valence-corrected chi connectivity index (χ1v) is 9.76. The molecule has 0 saturated heterocycles. The maximum Gasteiger partial charge on any atom is 0.322 e. The van der Waals surface area contributed by atoms with Crippen LogP contribution in [0.25, 0.3) is 0 Å². The second-order valence-electron chi connectivity index (χ2n) is 6.85. The molecule has 2 aromatic carbocycles. The summed E-state index contributed by atoms with van der Waals surface area (Å²) in [6, 6.07) is 14.9. The van der Waals surface area contributed by atoms with Crippen LogP contribution in [0.15, 0.2) is 48.5 Å². The SMILES string of the molecule is CCCOCCCNC(=O)c1ccc(NC(=O)N2Cc3ccccc3C2)cc1. The third-order valence-electron chi connectivity index (χ3n) is 4.63. The Morgan fingerprint density at radius 3 is 2.32 bits per heavy atom. The first-order valence-electron chi connectivity index (χ1n) is 9.76. The van der Waals surface area contributed by atoms with Gasteiger partial charge in [0, 0.05) is 44.1 Å². The summed E-state index contributed by atoms with van der Waals surface area (Å²) < 4.78 is 5.39. The van der Waals surface area contributed by atoms with Crippen molar-refractivity contribution in [2.24, 2.45) is 0 Å². The summed E-state index contributed by atoms with van der Waals surface area (Å²) in [7, 11) is 0. The molecule has 0 aromatic heterocycles. The molecule has 2 aromatic rings. The Hall–Kier alpha value is -2.86. The highest BCUT2D eigenvalue weighted by molar-refractivity contribution is 5.95. The smallest absolute Gasteiger partial charge is 0.322 e. The quantitative estimate of drug-likeness (QED) is 0.684. The monoisotopic (exact) mass is 381 g/mol. The third-order valence-corrected chi connectivity index (χ3v) is 4.63. The van der Waals surface area contributed by atoms with Crippen molar-refractivity contribution < 1.29 is 14.3 Å². The molecule has 6 nitrogen and oxygen atoms in total. The van der Waals surface area contributed by atoms with Crippen molar-refractivity contribution in [3.05, 3.63) is 65.2 Å². The minimum absolute atomic E-state index is 0.122. The van der Waals surface area contributed by atoms with Gasteiger partial charge in [-0.15, -0.1) is 0 Å². The zero-order valence-corrected chi connectivity index (χ0v) is 16.2. The summed E-state index contributed by atoms with van der Waals surface area (Å²) in [6.07, 6.45) is 1.79. The lowest BCUT2D eigenvalue weighted by molar-refractivity contribution is 0.0941. The van der Waals surface area contributed by atoms with Crippen LogP contribution in [-0.4, -0.2) is 36.6 Å². The lowest BCUT2D eigenvalue weighted by atomic mass is 10.1. The van der Waals surface area contributed by atoms with Gasteiger partial charge in [0.05, 0.1) is 0 Å². The molecule has 0 spiro atoms. The summed E-state index contributed by atoms with van der Waals surface area (Å²) >= 11 is 0. The molecule has 1 heterocycles. The lowest BCUT2D eigenvalue weighted by Gasteiger charge is -2.16. The summed E-state index contributed by atoms with van der Waals surface area (Å²) in [6.45, 7) is 5.29. The van der Waals surface area contributed by atoms with E-state index in [-0.39, 0.29) is 11.9 Å². The van der Waals surface area contributed by atoms with Gasteiger partial charge in [-0.25, -0.2) is 4.79 Å². The first-order chi connectivity index (χ1) is 13.7. The van der Waals surface area contributed by atoms with Crippen LogP contribution >= 0.6 is 0 Å². The second-order valence-corrected chi connectivity index (χ2v) is 6.85. The largest absolute Gasteiger partial charge is 0.381 e. The first kappa shape index (κ1) is 19.9. The van der Waals surface area contributed by atoms with Gasteiger partial charge in [0.2, 0.25) is 0 Å². The van der Waals surface area contributed by atoms with Crippen molar-refractivity contribution in [3.63, 3.8) is 0 Å². The number of carbonyl (C=O) groups excluding carboxylic acids is 2. The number of nitrogens with zero attached hydrogens (tertiary/aromatic N) is 1. The number of hydrogen-bond acceptors (Lipinski definition) is 3. The molecular weight excluding hydrogens is 354 g/mol. The van der Waals surface area contributed by atoms with E-state index in [0.717, 1.165) is 19.4 Å². The van der Waals surface area contributed by atoms with Crippen LogP contribution in [0.5, 0.6) is 0 Å². The van der Waals surface area contributed by atoms with Crippen molar-refractivity contribution >= 4 is 17.6 Å². The highest BCUT2D eigenvalue weighted by atomic mass is 16.5. The number of nitrogens with one attached hydrogen (secondary N) is 2. The molecule has 0 aliphatic carbocycles.